The summed E-state index contributed by atoms with van der Waals surface area (Å²) in [5.41, 5.74) is 4.62. The van der Waals surface area contributed by atoms with Crippen LogP contribution in [0, 0.1) is 6.92 Å². The van der Waals surface area contributed by atoms with Gasteiger partial charge >= 0.3 is 5.97 Å². The Hall–Kier alpha value is -2.13. The third-order valence-corrected chi connectivity index (χ3v) is 6.22. The molecular formula is C23H25ClO3. The molecule has 27 heavy (non-hydrogen) atoms. The first-order valence-electron chi connectivity index (χ1n) is 9.17. The lowest BCUT2D eigenvalue weighted by molar-refractivity contribution is 0.0696. The fourth-order valence-electron chi connectivity index (χ4n) is 3.95. The Labute approximate surface area is 165 Å². The molecule has 0 fully saturated rings. The Morgan fingerprint density at radius 2 is 1.48 bits per heavy atom. The van der Waals surface area contributed by atoms with E-state index in [0.717, 1.165) is 18.4 Å². The lowest BCUT2D eigenvalue weighted by Crippen LogP contribution is -2.34. The van der Waals surface area contributed by atoms with E-state index in [4.69, 9.17) is 16.7 Å². The summed E-state index contributed by atoms with van der Waals surface area (Å²) in [5.74, 6) is -1.23. The summed E-state index contributed by atoms with van der Waals surface area (Å²) >= 11 is 6.06. The minimum absolute atomic E-state index is 0.00161. The van der Waals surface area contributed by atoms with Gasteiger partial charge in [-0.3, -0.25) is 4.79 Å². The van der Waals surface area contributed by atoms with Gasteiger partial charge in [-0.25, -0.2) is 4.79 Å². The fourth-order valence-corrected chi connectivity index (χ4v) is 4.21. The number of aromatic carboxylic acids is 1. The number of carbonyl (C=O) groups excluding carboxylic acids is 1. The van der Waals surface area contributed by atoms with Crippen LogP contribution in [0.5, 0.6) is 0 Å². The molecule has 0 aliphatic heterocycles. The lowest BCUT2D eigenvalue weighted by atomic mass is 9.62. The molecule has 1 N–H and O–H groups in total. The number of hydrogen-bond donors (Lipinski definition) is 1. The van der Waals surface area contributed by atoms with E-state index < -0.39 is 5.97 Å². The number of ketones is 1. The zero-order valence-electron chi connectivity index (χ0n) is 16.4. The maximum atomic E-state index is 13.2. The molecule has 1 aliphatic carbocycles. The van der Waals surface area contributed by atoms with E-state index in [9.17, 15) is 9.59 Å². The molecule has 0 amide bonds. The molecule has 2 aromatic carbocycles. The quantitative estimate of drug-likeness (QED) is 0.667. The Bertz CT molecular complexity index is 954. The summed E-state index contributed by atoms with van der Waals surface area (Å²) in [6.45, 7) is 10.9. The number of benzene rings is 2. The van der Waals surface area contributed by atoms with Gasteiger partial charge in [0.1, 0.15) is 0 Å². The predicted octanol–water partition coefficient (Wildman–Crippen LogP) is 5.93. The second kappa shape index (κ2) is 6.49. The molecule has 0 saturated heterocycles. The van der Waals surface area contributed by atoms with Crippen LogP contribution in [0.25, 0.3) is 0 Å². The van der Waals surface area contributed by atoms with E-state index >= 15 is 0 Å². The van der Waals surface area contributed by atoms with Gasteiger partial charge in [0.15, 0.2) is 5.78 Å². The Morgan fingerprint density at radius 3 is 2.00 bits per heavy atom. The minimum Gasteiger partial charge on any atom is -0.478 e. The molecule has 0 saturated carbocycles. The molecule has 0 atom stereocenters. The van der Waals surface area contributed by atoms with Crippen LogP contribution in [-0.4, -0.2) is 16.9 Å². The largest absolute Gasteiger partial charge is 0.478 e. The summed E-state index contributed by atoms with van der Waals surface area (Å²) in [6.07, 6.45) is 2.19. The van der Waals surface area contributed by atoms with Crippen LogP contribution in [-0.2, 0) is 10.8 Å². The van der Waals surface area contributed by atoms with Crippen molar-refractivity contribution in [2.75, 3.05) is 0 Å². The van der Waals surface area contributed by atoms with E-state index in [1.807, 2.05) is 13.0 Å². The van der Waals surface area contributed by atoms with E-state index in [-0.39, 0.29) is 27.2 Å². The van der Waals surface area contributed by atoms with Gasteiger partial charge in [-0.2, -0.15) is 0 Å². The number of aryl methyl sites for hydroxylation is 1. The van der Waals surface area contributed by atoms with Crippen LogP contribution in [0.1, 0.15) is 83.5 Å². The van der Waals surface area contributed by atoms with Gasteiger partial charge in [0.05, 0.1) is 10.6 Å². The van der Waals surface area contributed by atoms with E-state index in [1.165, 1.54) is 29.3 Å². The van der Waals surface area contributed by atoms with Crippen LogP contribution in [0.2, 0.25) is 5.02 Å². The van der Waals surface area contributed by atoms with Gasteiger partial charge in [-0.1, -0.05) is 51.4 Å². The number of carboxylic acids is 1. The highest BCUT2D eigenvalue weighted by molar-refractivity contribution is 6.34. The van der Waals surface area contributed by atoms with E-state index in [2.05, 4.69) is 33.8 Å². The van der Waals surface area contributed by atoms with Crippen LogP contribution in [0.15, 0.2) is 30.3 Å². The van der Waals surface area contributed by atoms with Crippen molar-refractivity contribution in [2.45, 2.75) is 58.3 Å². The molecule has 0 spiro atoms. The number of hydrogen-bond acceptors (Lipinski definition) is 2. The highest BCUT2D eigenvalue weighted by Gasteiger charge is 2.37. The Balaban J connectivity index is 2.12. The van der Waals surface area contributed by atoms with Crippen molar-refractivity contribution in [3.63, 3.8) is 0 Å². The van der Waals surface area contributed by atoms with Gasteiger partial charge in [-0.05, 0) is 65.5 Å². The van der Waals surface area contributed by atoms with Crippen molar-refractivity contribution in [2.24, 2.45) is 0 Å². The highest BCUT2D eigenvalue weighted by atomic mass is 35.5. The first-order chi connectivity index (χ1) is 12.4. The van der Waals surface area contributed by atoms with Crippen molar-refractivity contribution in [3.8, 4) is 0 Å². The maximum absolute atomic E-state index is 13.2. The van der Waals surface area contributed by atoms with Gasteiger partial charge in [0.2, 0.25) is 0 Å². The van der Waals surface area contributed by atoms with E-state index in [0.29, 0.717) is 11.1 Å². The second-order valence-corrected chi connectivity index (χ2v) is 9.22. The summed E-state index contributed by atoms with van der Waals surface area (Å²) in [5, 5.41) is 9.20. The average Bonchev–Trinajstić information content (AvgIpc) is 2.57. The zero-order valence-corrected chi connectivity index (χ0v) is 17.2. The van der Waals surface area contributed by atoms with Crippen LogP contribution < -0.4 is 0 Å². The van der Waals surface area contributed by atoms with Gasteiger partial charge in [0, 0.05) is 11.1 Å². The van der Waals surface area contributed by atoms with Crippen LogP contribution in [0.3, 0.4) is 0 Å². The topological polar surface area (TPSA) is 54.4 Å². The number of rotatable bonds is 3. The van der Waals surface area contributed by atoms with Crippen LogP contribution >= 0.6 is 11.6 Å². The summed E-state index contributed by atoms with van der Waals surface area (Å²) in [6, 6.07) is 8.55. The lowest BCUT2D eigenvalue weighted by Gasteiger charge is -2.42. The molecule has 2 aromatic rings. The second-order valence-electron chi connectivity index (χ2n) is 8.81. The van der Waals surface area contributed by atoms with Gasteiger partial charge in [-0.15, -0.1) is 0 Å². The van der Waals surface area contributed by atoms with Crippen molar-refractivity contribution in [3.05, 3.63) is 68.7 Å². The number of carboxylic acid groups (broad SMARTS) is 1. The number of fused-ring (bicyclic) bond motifs is 1. The number of halogens is 1. The van der Waals surface area contributed by atoms with Crippen molar-refractivity contribution >= 4 is 23.4 Å². The molecule has 0 aromatic heterocycles. The predicted molar refractivity (Wildman–Crippen MR) is 108 cm³/mol. The standard InChI is InChI=1S/C23H25ClO3/c1-13-10-17-18(23(4,5)9-8-22(17,2)3)12-16(13)20(25)14-6-7-15(21(26)27)19(24)11-14/h6-7,10-12H,8-9H2,1-5H3,(H,26,27). The fraction of sp³-hybridized carbons (Fsp3) is 0.391. The first-order valence-corrected chi connectivity index (χ1v) is 9.55. The minimum atomic E-state index is -1.10. The Kier molecular flexibility index (Phi) is 4.72. The molecule has 0 unspecified atom stereocenters. The van der Waals surface area contributed by atoms with Gasteiger partial charge in [0.25, 0.3) is 0 Å². The molecule has 1 aliphatic rings. The third-order valence-electron chi connectivity index (χ3n) is 5.90. The molecule has 4 heteroatoms. The van der Waals surface area contributed by atoms with Crippen molar-refractivity contribution in [1.82, 2.24) is 0 Å². The van der Waals surface area contributed by atoms with Crippen molar-refractivity contribution < 1.29 is 14.7 Å². The normalized spacial score (nSPS) is 17.3. The molecule has 0 heterocycles. The third kappa shape index (κ3) is 3.41. The average molecular weight is 385 g/mol. The molecule has 3 rings (SSSR count). The van der Waals surface area contributed by atoms with Crippen LogP contribution in [0.4, 0.5) is 0 Å². The SMILES string of the molecule is Cc1cc2c(cc1C(=O)c1ccc(C(=O)O)c(Cl)c1)C(C)(C)CCC2(C)C. The number of carbonyl (C=O) groups is 2. The smallest absolute Gasteiger partial charge is 0.337 e. The summed E-state index contributed by atoms with van der Waals surface area (Å²) < 4.78 is 0. The molecule has 142 valence electrons. The zero-order chi connectivity index (χ0) is 20.1. The van der Waals surface area contributed by atoms with Gasteiger partial charge < -0.3 is 5.11 Å². The summed E-state index contributed by atoms with van der Waals surface area (Å²) in [7, 11) is 0. The summed E-state index contributed by atoms with van der Waals surface area (Å²) in [4.78, 5) is 24.3. The maximum Gasteiger partial charge on any atom is 0.337 e. The first kappa shape index (κ1) is 19.6. The molecule has 0 bridgehead atoms. The van der Waals surface area contributed by atoms with E-state index in [1.54, 1.807) is 0 Å². The van der Waals surface area contributed by atoms with Crippen molar-refractivity contribution in [1.29, 1.82) is 0 Å². The molecular weight excluding hydrogens is 360 g/mol. The highest BCUT2D eigenvalue weighted by Crippen LogP contribution is 2.46. The molecule has 0 radical (unpaired) electrons. The molecule has 3 nitrogen and oxygen atoms in total. The Morgan fingerprint density at radius 1 is 0.926 bits per heavy atom. The monoisotopic (exact) mass is 384 g/mol.